The fourth-order valence-corrected chi connectivity index (χ4v) is 1.69. The van der Waals surface area contributed by atoms with Gasteiger partial charge in [0.05, 0.1) is 19.0 Å². The molecule has 0 atom stereocenters. The summed E-state index contributed by atoms with van der Waals surface area (Å²) in [4.78, 5) is 0. The van der Waals surface area contributed by atoms with Crippen LogP contribution >= 0.6 is 22.3 Å². The van der Waals surface area contributed by atoms with Crippen LogP contribution in [0.25, 0.3) is 0 Å². The SMILES string of the molecule is O=S(=O)(Cl)CCOCc1cccc(Cl)c1. The van der Waals surface area contributed by atoms with Gasteiger partial charge in [-0.3, -0.25) is 0 Å². The van der Waals surface area contributed by atoms with Crippen molar-refractivity contribution in [3.63, 3.8) is 0 Å². The maximum Gasteiger partial charge on any atom is 0.234 e. The van der Waals surface area contributed by atoms with E-state index in [4.69, 9.17) is 27.0 Å². The molecule has 0 unspecified atom stereocenters. The Morgan fingerprint density at radius 1 is 1.33 bits per heavy atom. The van der Waals surface area contributed by atoms with Crippen molar-refractivity contribution in [2.45, 2.75) is 6.61 Å². The van der Waals surface area contributed by atoms with Crippen molar-refractivity contribution in [1.29, 1.82) is 0 Å². The van der Waals surface area contributed by atoms with E-state index in [1.54, 1.807) is 18.2 Å². The second-order valence-electron chi connectivity index (χ2n) is 2.93. The summed E-state index contributed by atoms with van der Waals surface area (Å²) in [5, 5.41) is 0.626. The third-order valence-electron chi connectivity index (χ3n) is 1.63. The molecule has 6 heteroatoms. The minimum Gasteiger partial charge on any atom is -0.376 e. The first-order valence-corrected chi connectivity index (χ1v) is 7.07. The molecule has 0 aromatic heterocycles. The Morgan fingerprint density at radius 3 is 2.67 bits per heavy atom. The van der Waals surface area contributed by atoms with Crippen molar-refractivity contribution in [3.05, 3.63) is 34.9 Å². The molecule has 0 heterocycles. The van der Waals surface area contributed by atoms with Crippen LogP contribution in [0.15, 0.2) is 24.3 Å². The van der Waals surface area contributed by atoms with Gasteiger partial charge in [0.25, 0.3) is 0 Å². The summed E-state index contributed by atoms with van der Waals surface area (Å²) in [5.41, 5.74) is 0.898. The summed E-state index contributed by atoms with van der Waals surface area (Å²) in [6.45, 7) is 0.408. The lowest BCUT2D eigenvalue weighted by atomic mass is 10.2. The molecule has 3 nitrogen and oxygen atoms in total. The molecular weight excluding hydrogens is 259 g/mol. The number of hydrogen-bond donors (Lipinski definition) is 0. The monoisotopic (exact) mass is 268 g/mol. The fourth-order valence-electron chi connectivity index (χ4n) is 0.975. The zero-order valence-electron chi connectivity index (χ0n) is 7.82. The molecule has 0 aliphatic heterocycles. The van der Waals surface area contributed by atoms with E-state index < -0.39 is 9.05 Å². The molecule has 0 amide bonds. The summed E-state index contributed by atoms with van der Waals surface area (Å²) < 4.78 is 26.3. The zero-order chi connectivity index (χ0) is 11.3. The van der Waals surface area contributed by atoms with E-state index in [0.29, 0.717) is 11.6 Å². The topological polar surface area (TPSA) is 43.4 Å². The van der Waals surface area contributed by atoms with Gasteiger partial charge in [-0.2, -0.15) is 0 Å². The second kappa shape index (κ2) is 5.70. The van der Waals surface area contributed by atoms with E-state index in [2.05, 4.69) is 0 Å². The average molecular weight is 269 g/mol. The molecule has 0 saturated heterocycles. The van der Waals surface area contributed by atoms with Crippen LogP contribution in [-0.2, 0) is 20.4 Å². The Labute approximate surface area is 98.4 Å². The van der Waals surface area contributed by atoms with Crippen molar-refractivity contribution in [2.75, 3.05) is 12.4 Å². The van der Waals surface area contributed by atoms with Gasteiger partial charge in [0.15, 0.2) is 0 Å². The van der Waals surface area contributed by atoms with Crippen LogP contribution in [-0.4, -0.2) is 20.8 Å². The molecule has 0 aliphatic rings. The third kappa shape index (κ3) is 5.99. The van der Waals surface area contributed by atoms with E-state index >= 15 is 0 Å². The van der Waals surface area contributed by atoms with Crippen LogP contribution in [0.2, 0.25) is 5.02 Å². The van der Waals surface area contributed by atoms with Gasteiger partial charge in [0.1, 0.15) is 0 Å². The Balaban J connectivity index is 2.32. The Morgan fingerprint density at radius 2 is 2.07 bits per heavy atom. The van der Waals surface area contributed by atoms with Crippen molar-refractivity contribution in [3.8, 4) is 0 Å². The highest BCUT2D eigenvalue weighted by atomic mass is 35.7. The van der Waals surface area contributed by atoms with Crippen molar-refractivity contribution >= 4 is 31.3 Å². The molecule has 0 spiro atoms. The van der Waals surface area contributed by atoms with E-state index in [-0.39, 0.29) is 12.4 Å². The van der Waals surface area contributed by atoms with E-state index in [0.717, 1.165) is 5.56 Å². The largest absolute Gasteiger partial charge is 0.376 e. The van der Waals surface area contributed by atoms with E-state index in [1.807, 2.05) is 6.07 Å². The summed E-state index contributed by atoms with van der Waals surface area (Å²) in [5.74, 6) is -0.185. The highest BCUT2D eigenvalue weighted by Gasteiger charge is 2.04. The Hall–Kier alpha value is -0.290. The van der Waals surface area contributed by atoms with Gasteiger partial charge >= 0.3 is 0 Å². The minimum atomic E-state index is -3.47. The molecule has 0 aliphatic carbocycles. The fraction of sp³-hybridized carbons (Fsp3) is 0.333. The van der Waals surface area contributed by atoms with Gasteiger partial charge in [-0.25, -0.2) is 8.42 Å². The summed E-state index contributed by atoms with van der Waals surface area (Å²) >= 11 is 5.76. The predicted molar refractivity (Wildman–Crippen MR) is 60.7 cm³/mol. The van der Waals surface area contributed by atoms with Crippen LogP contribution in [0.4, 0.5) is 0 Å². The molecule has 0 fully saturated rings. The molecule has 1 aromatic rings. The maximum atomic E-state index is 10.6. The van der Waals surface area contributed by atoms with E-state index in [9.17, 15) is 8.42 Å². The second-order valence-corrected chi connectivity index (χ2v) is 6.26. The van der Waals surface area contributed by atoms with Crippen LogP contribution in [0.3, 0.4) is 0 Å². The third-order valence-corrected chi connectivity index (χ3v) is 2.98. The van der Waals surface area contributed by atoms with Crippen LogP contribution in [0, 0.1) is 0 Å². The first-order valence-electron chi connectivity index (χ1n) is 4.22. The molecular formula is C9H10Cl2O3S. The van der Waals surface area contributed by atoms with Crippen molar-refractivity contribution < 1.29 is 13.2 Å². The number of benzene rings is 1. The summed E-state index contributed by atoms with van der Waals surface area (Å²) in [7, 11) is 1.55. The maximum absolute atomic E-state index is 10.6. The van der Waals surface area contributed by atoms with Crippen LogP contribution in [0.1, 0.15) is 5.56 Å². The van der Waals surface area contributed by atoms with Crippen LogP contribution in [0.5, 0.6) is 0 Å². The van der Waals surface area contributed by atoms with Gasteiger partial charge in [-0.1, -0.05) is 23.7 Å². The lowest BCUT2D eigenvalue weighted by Gasteiger charge is -2.03. The Kier molecular flexibility index (Phi) is 4.86. The Bertz CT molecular complexity index is 417. The highest BCUT2D eigenvalue weighted by Crippen LogP contribution is 2.11. The van der Waals surface area contributed by atoms with Gasteiger partial charge < -0.3 is 4.74 Å². The van der Waals surface area contributed by atoms with Crippen LogP contribution < -0.4 is 0 Å². The lowest BCUT2D eigenvalue weighted by Crippen LogP contribution is -2.06. The number of halogens is 2. The molecule has 15 heavy (non-hydrogen) atoms. The summed E-state index contributed by atoms with van der Waals surface area (Å²) in [6, 6.07) is 7.17. The van der Waals surface area contributed by atoms with Gasteiger partial charge in [-0.15, -0.1) is 0 Å². The number of ether oxygens (including phenoxy) is 1. The first-order chi connectivity index (χ1) is 6.97. The first kappa shape index (κ1) is 12.8. The van der Waals surface area contributed by atoms with Gasteiger partial charge in [0.2, 0.25) is 9.05 Å². The molecule has 0 N–H and O–H groups in total. The quantitative estimate of drug-likeness (QED) is 0.609. The molecule has 0 bridgehead atoms. The van der Waals surface area contributed by atoms with Crippen molar-refractivity contribution in [1.82, 2.24) is 0 Å². The average Bonchev–Trinajstić information content (AvgIpc) is 2.11. The number of rotatable bonds is 5. The van der Waals surface area contributed by atoms with E-state index in [1.165, 1.54) is 0 Å². The molecule has 1 aromatic carbocycles. The minimum absolute atomic E-state index is 0.0817. The zero-order valence-corrected chi connectivity index (χ0v) is 10.1. The normalized spacial score (nSPS) is 11.6. The molecule has 1 rings (SSSR count). The molecule has 0 saturated carbocycles. The standard InChI is InChI=1S/C9H10Cl2O3S/c10-9-3-1-2-8(6-9)7-14-4-5-15(11,12)13/h1-3,6H,4-5,7H2. The molecule has 0 radical (unpaired) electrons. The molecule has 84 valence electrons. The predicted octanol–water partition coefficient (Wildman–Crippen LogP) is 2.43. The van der Waals surface area contributed by atoms with Gasteiger partial charge in [-0.05, 0) is 17.7 Å². The summed E-state index contributed by atoms with van der Waals surface area (Å²) in [6.07, 6.45) is 0. The van der Waals surface area contributed by atoms with Crippen molar-refractivity contribution in [2.24, 2.45) is 0 Å². The highest BCUT2D eigenvalue weighted by molar-refractivity contribution is 8.13. The van der Waals surface area contributed by atoms with Gasteiger partial charge in [0, 0.05) is 15.7 Å². The lowest BCUT2D eigenvalue weighted by molar-refractivity contribution is 0.135. The number of hydrogen-bond acceptors (Lipinski definition) is 3. The smallest absolute Gasteiger partial charge is 0.234 e.